The highest BCUT2D eigenvalue weighted by Crippen LogP contribution is 2.49. The number of nitrogens with zero attached hydrogens (tertiary/aromatic N) is 1. The number of imidazole rings is 1. The lowest BCUT2D eigenvalue weighted by Gasteiger charge is -2.57. The zero-order valence-corrected chi connectivity index (χ0v) is 15.0. The molecule has 1 saturated carbocycles. The van der Waals surface area contributed by atoms with Crippen molar-refractivity contribution in [3.63, 3.8) is 0 Å². The van der Waals surface area contributed by atoms with Crippen molar-refractivity contribution < 1.29 is 9.53 Å². The second-order valence-electron chi connectivity index (χ2n) is 7.20. The lowest BCUT2D eigenvalue weighted by Crippen LogP contribution is -2.75. The summed E-state index contributed by atoms with van der Waals surface area (Å²) in [7, 11) is 0. The third-order valence-corrected chi connectivity index (χ3v) is 5.54. The molecule has 7 heteroatoms. The molecule has 0 spiro atoms. The van der Waals surface area contributed by atoms with E-state index in [0.29, 0.717) is 26.1 Å². The predicted molar refractivity (Wildman–Crippen MR) is 96.3 cm³/mol. The van der Waals surface area contributed by atoms with Crippen LogP contribution in [0.1, 0.15) is 27.2 Å². The van der Waals surface area contributed by atoms with Crippen molar-refractivity contribution in [3.05, 3.63) is 34.7 Å². The average Bonchev–Trinajstić information content (AvgIpc) is 2.90. The second kappa shape index (κ2) is 6.31. The largest absolute Gasteiger partial charge is 0.378 e. The quantitative estimate of drug-likeness (QED) is 0.725. The fraction of sp³-hybridized carbons (Fsp3) is 0.556. The number of aromatic nitrogens is 2. The smallest absolute Gasteiger partial charge is 0.326 e. The van der Waals surface area contributed by atoms with Crippen LogP contribution in [0.3, 0.4) is 0 Å². The zero-order chi connectivity index (χ0) is 18.2. The van der Waals surface area contributed by atoms with E-state index in [2.05, 4.69) is 10.3 Å². The fourth-order valence-electron chi connectivity index (χ4n) is 3.59. The van der Waals surface area contributed by atoms with Gasteiger partial charge in [-0.1, -0.05) is 26.0 Å². The molecule has 0 radical (unpaired) electrons. The number of para-hydroxylation sites is 2. The van der Waals surface area contributed by atoms with Gasteiger partial charge >= 0.3 is 5.69 Å². The van der Waals surface area contributed by atoms with E-state index in [1.807, 2.05) is 45.0 Å². The molecule has 2 aromatic rings. The number of nitrogens with two attached hydrogens (primary N) is 1. The number of amides is 1. The summed E-state index contributed by atoms with van der Waals surface area (Å²) >= 11 is 0. The number of aromatic amines is 1. The summed E-state index contributed by atoms with van der Waals surface area (Å²) in [5.41, 5.74) is 6.41. The number of carbonyl (C=O) groups excluding carboxylic acids is 1. The SMILES string of the molecule is CCOC1CC(N)(C(=O)NCCn2c(=O)[nH]c3ccccc32)C1(C)C. The van der Waals surface area contributed by atoms with Crippen molar-refractivity contribution in [1.82, 2.24) is 14.9 Å². The maximum atomic E-state index is 12.6. The molecule has 1 heterocycles. The number of nitrogens with one attached hydrogen (secondary N) is 2. The van der Waals surface area contributed by atoms with Gasteiger partial charge in [0.05, 0.1) is 17.1 Å². The Bertz CT molecular complexity index is 838. The van der Waals surface area contributed by atoms with Gasteiger partial charge in [0.25, 0.3) is 0 Å². The molecule has 136 valence electrons. The van der Waals surface area contributed by atoms with Gasteiger partial charge in [0.1, 0.15) is 5.54 Å². The number of rotatable bonds is 6. The Hall–Kier alpha value is -2.12. The maximum Gasteiger partial charge on any atom is 0.326 e. The minimum Gasteiger partial charge on any atom is -0.378 e. The first kappa shape index (κ1) is 17.7. The molecule has 0 saturated heterocycles. The Morgan fingerprint density at radius 3 is 2.84 bits per heavy atom. The van der Waals surface area contributed by atoms with Gasteiger partial charge in [-0.2, -0.15) is 0 Å². The third kappa shape index (κ3) is 2.77. The molecule has 1 aliphatic rings. The van der Waals surface area contributed by atoms with Crippen LogP contribution in [-0.2, 0) is 16.1 Å². The molecule has 1 aromatic carbocycles. The van der Waals surface area contributed by atoms with Crippen LogP contribution in [0, 0.1) is 5.41 Å². The van der Waals surface area contributed by atoms with Crippen molar-refractivity contribution in [2.45, 2.75) is 45.4 Å². The van der Waals surface area contributed by atoms with E-state index in [9.17, 15) is 9.59 Å². The van der Waals surface area contributed by atoms with E-state index in [1.165, 1.54) is 0 Å². The van der Waals surface area contributed by atoms with E-state index >= 15 is 0 Å². The first-order valence-electron chi connectivity index (χ1n) is 8.67. The molecule has 7 nitrogen and oxygen atoms in total. The van der Waals surface area contributed by atoms with Gasteiger partial charge in [-0.3, -0.25) is 9.36 Å². The average molecular weight is 346 g/mol. The predicted octanol–water partition coefficient (Wildman–Crippen LogP) is 0.978. The number of fused-ring (bicyclic) bond motifs is 1. The molecule has 1 aliphatic carbocycles. The van der Waals surface area contributed by atoms with Crippen molar-refractivity contribution >= 4 is 16.9 Å². The Kier molecular flexibility index (Phi) is 4.47. The van der Waals surface area contributed by atoms with Crippen LogP contribution >= 0.6 is 0 Å². The highest BCUT2D eigenvalue weighted by molar-refractivity contribution is 5.88. The summed E-state index contributed by atoms with van der Waals surface area (Å²) in [6, 6.07) is 7.48. The molecule has 1 fully saturated rings. The first-order chi connectivity index (χ1) is 11.8. The Morgan fingerprint density at radius 1 is 1.44 bits per heavy atom. The van der Waals surface area contributed by atoms with Crippen molar-refractivity contribution in [2.24, 2.45) is 11.1 Å². The zero-order valence-electron chi connectivity index (χ0n) is 15.0. The van der Waals surface area contributed by atoms with Crippen LogP contribution in [0.25, 0.3) is 11.0 Å². The van der Waals surface area contributed by atoms with Gasteiger partial charge in [-0.05, 0) is 19.1 Å². The van der Waals surface area contributed by atoms with E-state index in [1.54, 1.807) is 4.57 Å². The van der Waals surface area contributed by atoms with Gasteiger partial charge < -0.3 is 20.8 Å². The molecule has 3 rings (SSSR count). The summed E-state index contributed by atoms with van der Waals surface area (Å²) < 4.78 is 7.28. The molecule has 1 amide bonds. The minimum atomic E-state index is -0.946. The summed E-state index contributed by atoms with van der Waals surface area (Å²) in [6.07, 6.45) is 0.497. The summed E-state index contributed by atoms with van der Waals surface area (Å²) in [6.45, 7) is 7.19. The molecule has 0 aliphatic heterocycles. The monoisotopic (exact) mass is 346 g/mol. The highest BCUT2D eigenvalue weighted by atomic mass is 16.5. The van der Waals surface area contributed by atoms with Crippen LogP contribution in [0.15, 0.2) is 29.1 Å². The summed E-state index contributed by atoms with van der Waals surface area (Å²) in [4.78, 5) is 27.5. The van der Waals surface area contributed by atoms with Gasteiger partial charge in [0.15, 0.2) is 0 Å². The van der Waals surface area contributed by atoms with E-state index in [0.717, 1.165) is 11.0 Å². The van der Waals surface area contributed by atoms with Crippen LogP contribution in [0.2, 0.25) is 0 Å². The van der Waals surface area contributed by atoms with Crippen molar-refractivity contribution in [1.29, 1.82) is 0 Å². The van der Waals surface area contributed by atoms with Crippen LogP contribution in [0.5, 0.6) is 0 Å². The van der Waals surface area contributed by atoms with Crippen LogP contribution < -0.4 is 16.7 Å². The van der Waals surface area contributed by atoms with Crippen LogP contribution in [0.4, 0.5) is 0 Å². The van der Waals surface area contributed by atoms with Gasteiger partial charge in [0, 0.05) is 31.5 Å². The van der Waals surface area contributed by atoms with Crippen LogP contribution in [-0.4, -0.2) is 40.3 Å². The third-order valence-electron chi connectivity index (χ3n) is 5.54. The molecule has 2 unspecified atom stereocenters. The summed E-state index contributed by atoms with van der Waals surface area (Å²) in [5, 5.41) is 2.88. The molecular formula is C18H26N4O3. The molecule has 0 bridgehead atoms. The fourth-order valence-corrected chi connectivity index (χ4v) is 3.59. The first-order valence-corrected chi connectivity index (χ1v) is 8.67. The molecule has 25 heavy (non-hydrogen) atoms. The Labute approximate surface area is 146 Å². The van der Waals surface area contributed by atoms with E-state index < -0.39 is 11.0 Å². The number of ether oxygens (including phenoxy) is 1. The molecule has 1 aromatic heterocycles. The number of H-pyrrole nitrogens is 1. The topological polar surface area (TPSA) is 102 Å². The normalized spacial score (nSPS) is 24.9. The van der Waals surface area contributed by atoms with Gasteiger partial charge in [-0.15, -0.1) is 0 Å². The Morgan fingerprint density at radius 2 is 2.16 bits per heavy atom. The molecule has 2 atom stereocenters. The molecular weight excluding hydrogens is 320 g/mol. The van der Waals surface area contributed by atoms with Crippen molar-refractivity contribution in [3.8, 4) is 0 Å². The number of hydrogen-bond acceptors (Lipinski definition) is 4. The lowest BCUT2D eigenvalue weighted by molar-refractivity contribution is -0.170. The number of hydrogen-bond donors (Lipinski definition) is 3. The minimum absolute atomic E-state index is 0.00973. The molecule has 4 N–H and O–H groups in total. The summed E-state index contributed by atoms with van der Waals surface area (Å²) in [5.74, 6) is -0.193. The standard InChI is InChI=1S/C18H26N4O3/c1-4-25-14-11-18(19,17(14,2)3)15(23)20-9-10-22-13-8-6-5-7-12(13)21-16(22)24/h5-8,14H,4,9-11,19H2,1-3H3,(H,20,23)(H,21,24). The second-order valence-corrected chi connectivity index (χ2v) is 7.20. The van der Waals surface area contributed by atoms with Gasteiger partial charge in [-0.25, -0.2) is 4.79 Å². The highest BCUT2D eigenvalue weighted by Gasteiger charge is 2.62. The van der Waals surface area contributed by atoms with Crippen molar-refractivity contribution in [2.75, 3.05) is 13.2 Å². The maximum absolute atomic E-state index is 12.6. The number of benzene rings is 1. The lowest BCUT2D eigenvalue weighted by atomic mass is 9.54. The number of carbonyl (C=O) groups is 1. The Balaban J connectivity index is 1.63. The van der Waals surface area contributed by atoms with E-state index in [4.69, 9.17) is 10.5 Å². The van der Waals surface area contributed by atoms with E-state index in [-0.39, 0.29) is 17.7 Å². The van der Waals surface area contributed by atoms with Gasteiger partial charge in [0.2, 0.25) is 5.91 Å².